The molecule has 0 aromatic rings. The van der Waals surface area contributed by atoms with Crippen LogP contribution in [0, 0.1) is 11.8 Å². The maximum atomic E-state index is 4.31. The molecule has 2 heterocycles. The molecule has 5 rings (SSSR count). The van der Waals surface area contributed by atoms with Gasteiger partial charge in [-0.3, -0.25) is 0 Å². The molecule has 3 aliphatic carbocycles. The van der Waals surface area contributed by atoms with E-state index >= 15 is 0 Å². The Labute approximate surface area is 60.7 Å². The van der Waals surface area contributed by atoms with Gasteiger partial charge in [0, 0.05) is 0 Å². The Balaban J connectivity index is 2.04. The lowest BCUT2D eigenvalue weighted by atomic mass is 9.65. The average molecular weight is 136 g/mol. The Morgan fingerprint density at radius 3 is 1.60 bits per heavy atom. The maximum Gasteiger partial charge on any atom is 0.0740 e. The summed E-state index contributed by atoms with van der Waals surface area (Å²) in [6, 6.07) is 1.28. The molecular formula is C8H12N2. The molecule has 2 heteroatoms. The highest BCUT2D eigenvalue weighted by Gasteiger charge is 2.44. The summed E-state index contributed by atoms with van der Waals surface area (Å²) in [7, 11) is 0. The SMILES string of the molecule is C1C[C@H]2C[C@@H]3N=N[C@H]2C[C@@H]13. The van der Waals surface area contributed by atoms with Gasteiger partial charge in [0.25, 0.3) is 0 Å². The number of hydrogen-bond donors (Lipinski definition) is 0. The molecule has 2 aliphatic heterocycles. The van der Waals surface area contributed by atoms with Crippen molar-refractivity contribution in [1.29, 1.82) is 0 Å². The third kappa shape index (κ3) is 0.505. The molecule has 4 bridgehead atoms. The third-order valence-electron chi connectivity index (χ3n) is 3.45. The highest BCUT2D eigenvalue weighted by Crippen LogP contribution is 2.47. The predicted octanol–water partition coefficient (Wildman–Crippen LogP) is 2.01. The summed E-state index contributed by atoms with van der Waals surface area (Å²) < 4.78 is 0. The lowest BCUT2D eigenvalue weighted by molar-refractivity contribution is 0.0854. The van der Waals surface area contributed by atoms with Crippen molar-refractivity contribution in [2.45, 2.75) is 37.8 Å². The van der Waals surface area contributed by atoms with Crippen molar-refractivity contribution in [3.8, 4) is 0 Å². The summed E-state index contributed by atoms with van der Waals surface area (Å²) in [5.41, 5.74) is 0. The molecular weight excluding hydrogens is 124 g/mol. The molecule has 0 radical (unpaired) electrons. The van der Waals surface area contributed by atoms with Gasteiger partial charge in [0.15, 0.2) is 0 Å². The van der Waals surface area contributed by atoms with E-state index in [0.717, 1.165) is 11.8 Å². The van der Waals surface area contributed by atoms with E-state index in [4.69, 9.17) is 0 Å². The van der Waals surface area contributed by atoms with Crippen molar-refractivity contribution >= 4 is 0 Å². The van der Waals surface area contributed by atoms with E-state index in [1.165, 1.54) is 25.7 Å². The summed E-state index contributed by atoms with van der Waals surface area (Å²) in [4.78, 5) is 0. The number of fused-ring (bicyclic) bond motifs is 1. The van der Waals surface area contributed by atoms with Gasteiger partial charge >= 0.3 is 0 Å². The Bertz CT molecular complexity index is 168. The Morgan fingerprint density at radius 1 is 0.800 bits per heavy atom. The molecule has 0 amide bonds. The molecule has 0 unspecified atom stereocenters. The molecule has 2 nitrogen and oxygen atoms in total. The van der Waals surface area contributed by atoms with Gasteiger partial charge in [-0.25, -0.2) is 0 Å². The van der Waals surface area contributed by atoms with Crippen molar-refractivity contribution in [1.82, 2.24) is 0 Å². The summed E-state index contributed by atoms with van der Waals surface area (Å²) >= 11 is 0. The molecule has 10 heavy (non-hydrogen) atoms. The zero-order chi connectivity index (χ0) is 6.55. The van der Waals surface area contributed by atoms with Crippen molar-refractivity contribution in [2.24, 2.45) is 22.1 Å². The highest BCUT2D eigenvalue weighted by atomic mass is 15.2. The topological polar surface area (TPSA) is 24.7 Å². The standard InChI is InChI=1S/C8H12N2/c1-2-6-4-7-5(1)3-8(6)10-9-7/h5-8H,1-4H2/t5-,6+,7-,8-/m0/s1. The van der Waals surface area contributed by atoms with Crippen LogP contribution in [0.15, 0.2) is 10.2 Å². The van der Waals surface area contributed by atoms with Crippen molar-refractivity contribution < 1.29 is 0 Å². The third-order valence-corrected chi connectivity index (χ3v) is 3.45. The van der Waals surface area contributed by atoms with Crippen molar-refractivity contribution in [3.05, 3.63) is 0 Å². The van der Waals surface area contributed by atoms with Gasteiger partial charge in [0.05, 0.1) is 12.1 Å². The van der Waals surface area contributed by atoms with Crippen LogP contribution in [-0.2, 0) is 0 Å². The Morgan fingerprint density at radius 2 is 1.30 bits per heavy atom. The second-order valence-electron chi connectivity index (χ2n) is 3.93. The fraction of sp³-hybridized carbons (Fsp3) is 1.00. The normalized spacial score (nSPS) is 56.0. The van der Waals surface area contributed by atoms with E-state index in [1.807, 2.05) is 0 Å². The summed E-state index contributed by atoms with van der Waals surface area (Å²) in [6.45, 7) is 0. The van der Waals surface area contributed by atoms with Crippen LogP contribution in [0.2, 0.25) is 0 Å². The lowest BCUT2D eigenvalue weighted by Gasteiger charge is -2.46. The molecule has 0 N–H and O–H groups in total. The fourth-order valence-electron chi connectivity index (χ4n) is 2.82. The number of rotatable bonds is 0. The zero-order valence-electron chi connectivity index (χ0n) is 6.03. The fourth-order valence-corrected chi connectivity index (χ4v) is 2.82. The van der Waals surface area contributed by atoms with Gasteiger partial charge in [-0.05, 0) is 37.5 Å². The zero-order valence-corrected chi connectivity index (χ0v) is 6.03. The van der Waals surface area contributed by atoms with E-state index in [1.54, 1.807) is 0 Å². The van der Waals surface area contributed by atoms with Gasteiger partial charge in [0.2, 0.25) is 0 Å². The van der Waals surface area contributed by atoms with Crippen molar-refractivity contribution in [2.75, 3.05) is 0 Å². The van der Waals surface area contributed by atoms with Gasteiger partial charge in [-0.15, -0.1) is 0 Å². The minimum Gasteiger partial charge on any atom is -0.190 e. The first kappa shape index (κ1) is 5.28. The van der Waals surface area contributed by atoms with Crippen LogP contribution in [0.3, 0.4) is 0 Å². The molecule has 4 atom stereocenters. The minimum atomic E-state index is 0.642. The van der Waals surface area contributed by atoms with Crippen LogP contribution in [0.25, 0.3) is 0 Å². The highest BCUT2D eigenvalue weighted by molar-refractivity contribution is 5.00. The van der Waals surface area contributed by atoms with E-state index in [9.17, 15) is 0 Å². The Kier molecular flexibility index (Phi) is 0.846. The maximum absolute atomic E-state index is 4.31. The van der Waals surface area contributed by atoms with Gasteiger partial charge in [0.1, 0.15) is 0 Å². The largest absolute Gasteiger partial charge is 0.190 e. The van der Waals surface area contributed by atoms with Crippen LogP contribution in [0.1, 0.15) is 25.7 Å². The second-order valence-corrected chi connectivity index (χ2v) is 3.93. The summed E-state index contributed by atoms with van der Waals surface area (Å²) in [5, 5.41) is 8.61. The molecule has 0 aromatic heterocycles. The quantitative estimate of drug-likeness (QED) is 0.486. The molecule has 5 aliphatic rings. The first-order chi connectivity index (χ1) is 4.93. The van der Waals surface area contributed by atoms with E-state index in [0.29, 0.717) is 12.1 Å². The molecule has 3 fully saturated rings. The van der Waals surface area contributed by atoms with Crippen LogP contribution >= 0.6 is 0 Å². The second kappa shape index (κ2) is 1.60. The predicted molar refractivity (Wildman–Crippen MR) is 37.9 cm³/mol. The van der Waals surface area contributed by atoms with Crippen molar-refractivity contribution in [3.63, 3.8) is 0 Å². The van der Waals surface area contributed by atoms with Gasteiger partial charge < -0.3 is 0 Å². The van der Waals surface area contributed by atoms with E-state index in [-0.39, 0.29) is 0 Å². The molecule has 0 aromatic carbocycles. The van der Waals surface area contributed by atoms with Crippen LogP contribution in [0.5, 0.6) is 0 Å². The van der Waals surface area contributed by atoms with E-state index in [2.05, 4.69) is 10.2 Å². The molecule has 54 valence electrons. The Hall–Kier alpha value is -0.400. The molecule has 0 spiro atoms. The van der Waals surface area contributed by atoms with Crippen LogP contribution in [-0.4, -0.2) is 12.1 Å². The van der Waals surface area contributed by atoms with Crippen LogP contribution in [0.4, 0.5) is 0 Å². The molecule has 0 saturated heterocycles. The number of hydrogen-bond acceptors (Lipinski definition) is 2. The summed E-state index contributed by atoms with van der Waals surface area (Å²) in [6.07, 6.45) is 5.59. The van der Waals surface area contributed by atoms with Gasteiger partial charge in [-0.1, -0.05) is 0 Å². The van der Waals surface area contributed by atoms with E-state index < -0.39 is 0 Å². The van der Waals surface area contributed by atoms with Crippen LogP contribution < -0.4 is 0 Å². The monoisotopic (exact) mass is 136 g/mol. The smallest absolute Gasteiger partial charge is 0.0740 e. The number of nitrogens with zero attached hydrogens (tertiary/aromatic N) is 2. The number of azo groups is 1. The summed E-state index contributed by atoms with van der Waals surface area (Å²) in [5.74, 6) is 1.85. The average Bonchev–Trinajstić information content (AvgIpc) is 2.05. The minimum absolute atomic E-state index is 0.642. The first-order valence-corrected chi connectivity index (χ1v) is 4.33. The van der Waals surface area contributed by atoms with Gasteiger partial charge in [-0.2, -0.15) is 10.2 Å². The lowest BCUT2D eigenvalue weighted by Crippen LogP contribution is -2.45. The molecule has 3 saturated carbocycles. The first-order valence-electron chi connectivity index (χ1n) is 4.33.